The summed E-state index contributed by atoms with van der Waals surface area (Å²) in [4.78, 5) is 0. The lowest BCUT2D eigenvalue weighted by atomic mass is 9.80. The molecule has 0 amide bonds. The summed E-state index contributed by atoms with van der Waals surface area (Å²) in [7, 11) is 0. The monoisotopic (exact) mass is 647 g/mol. The highest BCUT2D eigenvalue weighted by Gasteiger charge is 2.42. The van der Waals surface area contributed by atoms with E-state index in [1.807, 2.05) is 0 Å². The lowest BCUT2D eigenvalue weighted by molar-refractivity contribution is 0.466. The molecule has 4 aromatic carbocycles. The van der Waals surface area contributed by atoms with Crippen LogP contribution in [-0.4, -0.2) is 9.13 Å². The third-order valence-corrected chi connectivity index (χ3v) is 11.6. The molecule has 4 atom stereocenters. The number of para-hydroxylation sites is 4. The molecule has 0 saturated carbocycles. The predicted octanol–water partition coefficient (Wildman–Crippen LogP) is 11.8. The third kappa shape index (κ3) is 3.92. The molecule has 3 heterocycles. The van der Waals surface area contributed by atoms with Crippen molar-refractivity contribution in [3.05, 3.63) is 143 Å². The molecular weight excluding hydrogens is 611 g/mol. The van der Waals surface area contributed by atoms with Gasteiger partial charge in [0, 0.05) is 49.8 Å². The standard InChI is InChI=1S/C46H37N3O/c1-27-23-24-41-36(25-27)33-17-8-11-22-40(33)49(41)44-29(3)43(48-38-20-9-6-15-31(38)32-16-7-10-21-39(32)48)37(26-47)46-42(44)35-19-12-18-34(45(35)50-46)30-14-5-4-13-28(30)2/h4-12,14-24,27-29,44H,13,25H2,1-3H3. The minimum Gasteiger partial charge on any atom is -0.454 e. The van der Waals surface area contributed by atoms with Crippen LogP contribution in [0.1, 0.15) is 61.4 Å². The SMILES string of the molecule is CC1C=Cc2c(c3ccccc3n2C2c3c(oc4c(C5=CC=CCC5C)cccc34)C(C#N)=C(n3c4ccccc4c4ccccc43)C2C)C1. The Morgan fingerprint density at radius 3 is 2.18 bits per heavy atom. The second kappa shape index (κ2) is 10.9. The highest BCUT2D eigenvalue weighted by molar-refractivity contribution is 6.13. The van der Waals surface area contributed by atoms with Crippen LogP contribution in [0.25, 0.3) is 66.6 Å². The minimum atomic E-state index is -0.127. The summed E-state index contributed by atoms with van der Waals surface area (Å²) >= 11 is 0. The van der Waals surface area contributed by atoms with Gasteiger partial charge < -0.3 is 13.6 Å². The molecule has 7 aromatic rings. The van der Waals surface area contributed by atoms with Crippen LogP contribution in [0.2, 0.25) is 0 Å². The number of rotatable bonds is 3. The number of nitrogens with zero attached hydrogens (tertiary/aromatic N) is 3. The van der Waals surface area contributed by atoms with Crippen molar-refractivity contribution in [1.29, 1.82) is 5.26 Å². The van der Waals surface area contributed by atoms with E-state index < -0.39 is 0 Å². The fourth-order valence-corrected chi connectivity index (χ4v) is 9.34. The molecule has 0 spiro atoms. The Balaban J connectivity index is 1.36. The zero-order valence-corrected chi connectivity index (χ0v) is 28.5. The summed E-state index contributed by atoms with van der Waals surface area (Å²) in [5.41, 5.74) is 12.0. The van der Waals surface area contributed by atoms with E-state index in [4.69, 9.17) is 4.42 Å². The van der Waals surface area contributed by atoms with Gasteiger partial charge in [-0.2, -0.15) is 5.26 Å². The number of nitriles is 1. The quantitative estimate of drug-likeness (QED) is 0.192. The van der Waals surface area contributed by atoms with Crippen LogP contribution >= 0.6 is 0 Å². The van der Waals surface area contributed by atoms with Crippen molar-refractivity contribution >= 4 is 66.6 Å². The molecule has 0 aliphatic heterocycles. The Morgan fingerprint density at radius 1 is 0.780 bits per heavy atom. The molecule has 3 aliphatic rings. The topological polar surface area (TPSA) is 46.8 Å². The van der Waals surface area contributed by atoms with Gasteiger partial charge in [0.2, 0.25) is 0 Å². The van der Waals surface area contributed by atoms with Crippen LogP contribution in [0, 0.1) is 29.1 Å². The average molecular weight is 648 g/mol. The van der Waals surface area contributed by atoms with Crippen LogP contribution in [-0.2, 0) is 6.42 Å². The lowest BCUT2D eigenvalue weighted by Crippen LogP contribution is -2.27. The van der Waals surface area contributed by atoms with Crippen molar-refractivity contribution in [2.24, 2.45) is 17.8 Å². The van der Waals surface area contributed by atoms with E-state index in [9.17, 15) is 5.26 Å². The van der Waals surface area contributed by atoms with Crippen molar-refractivity contribution < 1.29 is 4.42 Å². The molecule has 10 rings (SSSR count). The Hall–Kier alpha value is -5.79. The normalized spacial score (nSPS) is 21.6. The van der Waals surface area contributed by atoms with E-state index in [-0.39, 0.29) is 12.0 Å². The Morgan fingerprint density at radius 2 is 1.46 bits per heavy atom. The van der Waals surface area contributed by atoms with Crippen molar-refractivity contribution in [2.45, 2.75) is 39.7 Å². The molecule has 0 fully saturated rings. The predicted molar refractivity (Wildman–Crippen MR) is 206 cm³/mol. The molecule has 4 heteroatoms. The van der Waals surface area contributed by atoms with Gasteiger partial charge in [-0.25, -0.2) is 0 Å². The van der Waals surface area contributed by atoms with Gasteiger partial charge in [-0.15, -0.1) is 0 Å². The molecular formula is C46H37N3O. The molecule has 0 N–H and O–H groups in total. The van der Waals surface area contributed by atoms with E-state index in [2.05, 4.69) is 157 Å². The zero-order valence-electron chi connectivity index (χ0n) is 28.5. The average Bonchev–Trinajstić information content (AvgIpc) is 3.80. The van der Waals surface area contributed by atoms with Crippen molar-refractivity contribution in [1.82, 2.24) is 9.13 Å². The molecule has 3 aromatic heterocycles. The number of hydrogen-bond donors (Lipinski definition) is 0. The lowest BCUT2D eigenvalue weighted by Gasteiger charge is -2.35. The van der Waals surface area contributed by atoms with Gasteiger partial charge in [-0.05, 0) is 60.1 Å². The smallest absolute Gasteiger partial charge is 0.153 e. The summed E-state index contributed by atoms with van der Waals surface area (Å²) in [5.74, 6) is 1.45. The van der Waals surface area contributed by atoms with Crippen LogP contribution in [0.3, 0.4) is 0 Å². The highest BCUT2D eigenvalue weighted by Crippen LogP contribution is 2.54. The van der Waals surface area contributed by atoms with E-state index in [1.165, 1.54) is 38.5 Å². The Bertz CT molecular complexity index is 2680. The van der Waals surface area contributed by atoms with Gasteiger partial charge in [0.25, 0.3) is 0 Å². The van der Waals surface area contributed by atoms with Gasteiger partial charge in [0.05, 0.1) is 22.8 Å². The molecule has 0 radical (unpaired) electrons. The van der Waals surface area contributed by atoms with Crippen molar-refractivity contribution in [3.63, 3.8) is 0 Å². The van der Waals surface area contributed by atoms with Gasteiger partial charge in [-0.3, -0.25) is 0 Å². The second-order valence-corrected chi connectivity index (χ2v) is 14.5. The van der Waals surface area contributed by atoms with Crippen LogP contribution in [0.4, 0.5) is 0 Å². The second-order valence-electron chi connectivity index (χ2n) is 14.5. The van der Waals surface area contributed by atoms with E-state index in [0.29, 0.717) is 23.2 Å². The van der Waals surface area contributed by atoms with Gasteiger partial charge in [-0.1, -0.05) is 118 Å². The first kappa shape index (κ1) is 29.2. The number of hydrogen-bond acceptors (Lipinski definition) is 2. The van der Waals surface area contributed by atoms with E-state index in [1.54, 1.807) is 0 Å². The van der Waals surface area contributed by atoms with Crippen LogP contribution in [0.15, 0.2) is 120 Å². The number of furan rings is 1. The summed E-state index contributed by atoms with van der Waals surface area (Å²) in [6.45, 7) is 6.91. The summed E-state index contributed by atoms with van der Waals surface area (Å²) in [6.07, 6.45) is 13.3. The van der Waals surface area contributed by atoms with Crippen LogP contribution < -0.4 is 0 Å². The maximum atomic E-state index is 11.2. The maximum absolute atomic E-state index is 11.2. The first-order valence-electron chi connectivity index (χ1n) is 17.9. The molecule has 0 saturated heterocycles. The minimum absolute atomic E-state index is 0.0794. The number of aromatic nitrogens is 2. The first-order valence-corrected chi connectivity index (χ1v) is 17.9. The number of fused-ring (bicyclic) bond motifs is 9. The van der Waals surface area contributed by atoms with Crippen LogP contribution in [0.5, 0.6) is 0 Å². The highest BCUT2D eigenvalue weighted by atomic mass is 16.3. The van der Waals surface area contributed by atoms with Gasteiger partial charge in [0.15, 0.2) is 5.76 Å². The van der Waals surface area contributed by atoms with E-state index in [0.717, 1.165) is 51.7 Å². The molecule has 242 valence electrons. The maximum Gasteiger partial charge on any atom is 0.153 e. The molecule has 4 unspecified atom stereocenters. The van der Waals surface area contributed by atoms with Gasteiger partial charge in [0.1, 0.15) is 17.2 Å². The zero-order chi connectivity index (χ0) is 33.7. The molecule has 3 aliphatic carbocycles. The van der Waals surface area contributed by atoms with Crippen molar-refractivity contribution in [3.8, 4) is 6.07 Å². The first-order chi connectivity index (χ1) is 24.5. The Kier molecular flexibility index (Phi) is 6.33. The summed E-state index contributed by atoms with van der Waals surface area (Å²) < 4.78 is 12.1. The van der Waals surface area contributed by atoms with Crippen molar-refractivity contribution in [2.75, 3.05) is 0 Å². The third-order valence-electron chi connectivity index (χ3n) is 11.6. The molecule has 4 nitrogen and oxygen atoms in total. The Labute approximate surface area is 291 Å². The number of allylic oxidation sites excluding steroid dienone is 7. The van der Waals surface area contributed by atoms with Gasteiger partial charge >= 0.3 is 0 Å². The van der Waals surface area contributed by atoms with E-state index >= 15 is 0 Å². The fraction of sp³-hybridized carbons (Fsp3) is 0.196. The molecule has 0 bridgehead atoms. The molecule has 50 heavy (non-hydrogen) atoms. The number of benzene rings is 4. The largest absolute Gasteiger partial charge is 0.454 e. The fourth-order valence-electron chi connectivity index (χ4n) is 9.34. The summed E-state index contributed by atoms with van der Waals surface area (Å²) in [5, 5.41) is 16.0. The summed E-state index contributed by atoms with van der Waals surface area (Å²) in [6, 6.07) is 35.2.